The van der Waals surface area contributed by atoms with Gasteiger partial charge < -0.3 is 4.74 Å². The number of aryl methyl sites for hydroxylation is 1. The van der Waals surface area contributed by atoms with Gasteiger partial charge in [-0.25, -0.2) is 0 Å². The van der Waals surface area contributed by atoms with Gasteiger partial charge in [0.15, 0.2) is 0 Å². The summed E-state index contributed by atoms with van der Waals surface area (Å²) in [4.78, 5) is 28.7. The first-order valence-electron chi connectivity index (χ1n) is 7.89. The van der Waals surface area contributed by atoms with Gasteiger partial charge in [0.05, 0.1) is 5.56 Å². The Kier molecular flexibility index (Phi) is 6.03. The number of benzene rings is 1. The van der Waals surface area contributed by atoms with Crippen LogP contribution < -0.4 is 4.74 Å². The third kappa shape index (κ3) is 4.49. The molecule has 0 atom stereocenters. The van der Waals surface area contributed by atoms with E-state index in [0.717, 1.165) is 24.8 Å². The number of aromatic nitrogens is 1. The van der Waals surface area contributed by atoms with E-state index >= 15 is 0 Å². The number of ether oxygens (including phenoxy) is 1. The summed E-state index contributed by atoms with van der Waals surface area (Å²) < 4.78 is 5.43. The van der Waals surface area contributed by atoms with Gasteiger partial charge in [0.2, 0.25) is 5.78 Å². The van der Waals surface area contributed by atoms with Crippen LogP contribution in [0.25, 0.3) is 0 Å². The van der Waals surface area contributed by atoms with Crippen LogP contribution in [-0.2, 0) is 4.79 Å². The Labute approximate surface area is 136 Å². The van der Waals surface area contributed by atoms with Crippen LogP contribution in [0, 0.1) is 6.92 Å². The Morgan fingerprint density at radius 1 is 1.09 bits per heavy atom. The predicted molar refractivity (Wildman–Crippen MR) is 88.6 cm³/mol. The van der Waals surface area contributed by atoms with Crippen LogP contribution in [0.1, 0.15) is 54.2 Å². The lowest BCUT2D eigenvalue weighted by atomic mass is 10.0. The van der Waals surface area contributed by atoms with Crippen molar-refractivity contribution in [1.82, 2.24) is 4.98 Å². The number of hydrogen-bond donors (Lipinski definition) is 0. The molecule has 0 N–H and O–H groups in total. The number of esters is 1. The van der Waals surface area contributed by atoms with Crippen LogP contribution in [0.5, 0.6) is 5.75 Å². The van der Waals surface area contributed by atoms with Crippen molar-refractivity contribution >= 4 is 11.8 Å². The summed E-state index contributed by atoms with van der Waals surface area (Å²) in [6, 6.07) is 10.4. The molecule has 0 saturated carbocycles. The first-order valence-corrected chi connectivity index (χ1v) is 7.89. The molecule has 0 saturated heterocycles. The quantitative estimate of drug-likeness (QED) is 0.334. The van der Waals surface area contributed by atoms with Crippen LogP contribution >= 0.6 is 0 Å². The Hall–Kier alpha value is -2.49. The van der Waals surface area contributed by atoms with Crippen molar-refractivity contribution in [2.24, 2.45) is 0 Å². The summed E-state index contributed by atoms with van der Waals surface area (Å²) in [6.07, 6.45) is 4.76. The molecule has 0 unspecified atom stereocenters. The molecule has 120 valence electrons. The van der Waals surface area contributed by atoms with E-state index in [-0.39, 0.29) is 11.8 Å². The minimum atomic E-state index is -0.306. The van der Waals surface area contributed by atoms with Crippen molar-refractivity contribution in [2.45, 2.75) is 39.5 Å². The summed E-state index contributed by atoms with van der Waals surface area (Å²) in [5.74, 6) is -0.235. The maximum Gasteiger partial charge on any atom is 0.311 e. The molecular weight excluding hydrogens is 290 g/mol. The van der Waals surface area contributed by atoms with Crippen molar-refractivity contribution in [3.05, 3.63) is 59.4 Å². The maximum atomic E-state index is 12.7. The van der Waals surface area contributed by atoms with E-state index in [0.29, 0.717) is 23.4 Å². The number of pyridine rings is 1. The van der Waals surface area contributed by atoms with Crippen molar-refractivity contribution in [2.75, 3.05) is 0 Å². The van der Waals surface area contributed by atoms with Crippen LogP contribution in [-0.4, -0.2) is 16.7 Å². The van der Waals surface area contributed by atoms with Crippen molar-refractivity contribution in [3.63, 3.8) is 0 Å². The van der Waals surface area contributed by atoms with Gasteiger partial charge in [0.25, 0.3) is 0 Å². The molecule has 1 aromatic heterocycles. The Bertz CT molecular complexity index is 680. The Morgan fingerprint density at radius 2 is 1.91 bits per heavy atom. The molecule has 4 nitrogen and oxygen atoms in total. The van der Waals surface area contributed by atoms with Crippen LogP contribution in [0.15, 0.2) is 42.6 Å². The molecule has 2 aromatic rings. The lowest BCUT2D eigenvalue weighted by molar-refractivity contribution is -0.134. The minimum absolute atomic E-state index is 0.236. The zero-order chi connectivity index (χ0) is 16.7. The average Bonchev–Trinajstić information content (AvgIpc) is 2.55. The summed E-state index contributed by atoms with van der Waals surface area (Å²) in [5, 5.41) is 0. The fraction of sp³-hybridized carbons (Fsp3) is 0.316. The molecule has 0 bridgehead atoms. The van der Waals surface area contributed by atoms with E-state index in [1.165, 1.54) is 0 Å². The molecule has 1 aromatic carbocycles. The topological polar surface area (TPSA) is 56.3 Å². The predicted octanol–water partition coefficient (Wildman–Crippen LogP) is 4.11. The number of unbranched alkanes of at least 4 members (excludes halogenated alkanes) is 2. The second kappa shape index (κ2) is 8.22. The molecule has 0 radical (unpaired) electrons. The highest BCUT2D eigenvalue weighted by Crippen LogP contribution is 2.25. The Balaban J connectivity index is 2.23. The normalized spacial score (nSPS) is 10.3. The SMILES string of the molecule is CCCCCC(=O)Oc1cccc(C)c1C(=O)c1ccccn1. The van der Waals surface area contributed by atoms with Gasteiger partial charge in [0, 0.05) is 12.6 Å². The highest BCUT2D eigenvalue weighted by Gasteiger charge is 2.19. The molecule has 1 heterocycles. The molecule has 0 aliphatic rings. The number of rotatable bonds is 7. The number of carbonyl (C=O) groups is 2. The maximum absolute atomic E-state index is 12.7. The zero-order valence-electron chi connectivity index (χ0n) is 13.5. The van der Waals surface area contributed by atoms with E-state index in [9.17, 15) is 9.59 Å². The van der Waals surface area contributed by atoms with E-state index in [2.05, 4.69) is 11.9 Å². The number of carbonyl (C=O) groups excluding carboxylic acids is 2. The summed E-state index contributed by atoms with van der Waals surface area (Å²) in [7, 11) is 0. The van der Waals surface area contributed by atoms with Crippen molar-refractivity contribution in [3.8, 4) is 5.75 Å². The molecule has 23 heavy (non-hydrogen) atoms. The van der Waals surface area contributed by atoms with E-state index in [4.69, 9.17) is 4.74 Å². The number of ketones is 1. The van der Waals surface area contributed by atoms with Gasteiger partial charge in [-0.2, -0.15) is 0 Å². The van der Waals surface area contributed by atoms with Gasteiger partial charge in [-0.05, 0) is 37.1 Å². The molecule has 0 spiro atoms. The Morgan fingerprint density at radius 3 is 2.61 bits per heavy atom. The highest BCUT2D eigenvalue weighted by atomic mass is 16.5. The molecule has 0 aliphatic carbocycles. The van der Waals surface area contributed by atoms with E-state index < -0.39 is 0 Å². The van der Waals surface area contributed by atoms with Crippen LogP contribution in [0.2, 0.25) is 0 Å². The number of hydrogen-bond acceptors (Lipinski definition) is 4. The monoisotopic (exact) mass is 311 g/mol. The first-order chi connectivity index (χ1) is 11.1. The minimum Gasteiger partial charge on any atom is -0.426 e. The highest BCUT2D eigenvalue weighted by molar-refractivity contribution is 6.10. The molecule has 0 fully saturated rings. The van der Waals surface area contributed by atoms with Gasteiger partial charge in [-0.15, -0.1) is 0 Å². The molecule has 0 aliphatic heterocycles. The molecular formula is C19H21NO3. The second-order valence-electron chi connectivity index (χ2n) is 5.42. The third-order valence-electron chi connectivity index (χ3n) is 3.57. The second-order valence-corrected chi connectivity index (χ2v) is 5.42. The van der Waals surface area contributed by atoms with Gasteiger partial charge in [-0.1, -0.05) is 38.0 Å². The standard InChI is InChI=1S/C19H21NO3/c1-3-4-5-12-17(21)23-16-11-8-9-14(2)18(16)19(22)15-10-6-7-13-20-15/h6-11,13H,3-5,12H2,1-2H3. The van der Waals surface area contributed by atoms with E-state index in [1.54, 1.807) is 36.5 Å². The molecule has 2 rings (SSSR count). The average molecular weight is 311 g/mol. The third-order valence-corrected chi connectivity index (χ3v) is 3.57. The van der Waals surface area contributed by atoms with Gasteiger partial charge in [0.1, 0.15) is 11.4 Å². The first kappa shape index (κ1) is 16.9. The van der Waals surface area contributed by atoms with Crippen molar-refractivity contribution in [1.29, 1.82) is 0 Å². The summed E-state index contributed by atoms with van der Waals surface area (Å²) in [5.41, 5.74) is 1.50. The summed E-state index contributed by atoms with van der Waals surface area (Å²) in [6.45, 7) is 3.90. The largest absolute Gasteiger partial charge is 0.426 e. The summed E-state index contributed by atoms with van der Waals surface area (Å²) >= 11 is 0. The smallest absolute Gasteiger partial charge is 0.311 e. The lowest BCUT2D eigenvalue weighted by Gasteiger charge is -2.11. The fourth-order valence-electron chi connectivity index (χ4n) is 2.34. The van der Waals surface area contributed by atoms with Crippen LogP contribution in [0.3, 0.4) is 0 Å². The zero-order valence-corrected chi connectivity index (χ0v) is 13.5. The molecule has 4 heteroatoms. The van der Waals surface area contributed by atoms with Gasteiger partial charge >= 0.3 is 5.97 Å². The van der Waals surface area contributed by atoms with Crippen LogP contribution in [0.4, 0.5) is 0 Å². The van der Waals surface area contributed by atoms with Gasteiger partial charge in [-0.3, -0.25) is 14.6 Å². The molecule has 0 amide bonds. The van der Waals surface area contributed by atoms with Crippen molar-refractivity contribution < 1.29 is 14.3 Å². The number of nitrogens with zero attached hydrogens (tertiary/aromatic N) is 1. The lowest BCUT2D eigenvalue weighted by Crippen LogP contribution is -2.13. The van der Waals surface area contributed by atoms with E-state index in [1.807, 2.05) is 13.0 Å². The fourth-order valence-corrected chi connectivity index (χ4v) is 2.34.